The summed E-state index contributed by atoms with van der Waals surface area (Å²) in [5.41, 5.74) is 2.31. The summed E-state index contributed by atoms with van der Waals surface area (Å²) < 4.78 is 13.6. The van der Waals surface area contributed by atoms with Crippen molar-refractivity contribution < 1.29 is 4.39 Å². The van der Waals surface area contributed by atoms with E-state index in [9.17, 15) is 4.39 Å². The first-order valence-corrected chi connectivity index (χ1v) is 8.32. The van der Waals surface area contributed by atoms with Crippen molar-refractivity contribution in [2.24, 2.45) is 4.99 Å². The van der Waals surface area contributed by atoms with Crippen LogP contribution in [0.2, 0.25) is 0 Å². The maximum atomic E-state index is 13.1. The molecule has 1 aromatic heterocycles. The normalized spacial score (nSPS) is 11.0. The summed E-state index contributed by atoms with van der Waals surface area (Å²) in [6, 6.07) is 7.16. The van der Waals surface area contributed by atoms with Gasteiger partial charge in [-0.2, -0.15) is 11.3 Å². The lowest BCUT2D eigenvalue weighted by Gasteiger charge is -2.11. The molecule has 7 heteroatoms. The van der Waals surface area contributed by atoms with Crippen molar-refractivity contribution in [2.75, 3.05) is 13.6 Å². The number of guanidine groups is 1. The van der Waals surface area contributed by atoms with Gasteiger partial charge in [0.15, 0.2) is 5.96 Å². The van der Waals surface area contributed by atoms with E-state index < -0.39 is 0 Å². The largest absolute Gasteiger partial charge is 0.356 e. The Balaban J connectivity index is 0.00000242. The van der Waals surface area contributed by atoms with Crippen LogP contribution in [0.3, 0.4) is 0 Å². The third kappa shape index (κ3) is 6.21. The van der Waals surface area contributed by atoms with Crippen LogP contribution in [0.5, 0.6) is 0 Å². The zero-order valence-electron chi connectivity index (χ0n) is 12.1. The molecule has 2 N–H and O–H groups in total. The maximum absolute atomic E-state index is 13.1. The van der Waals surface area contributed by atoms with Gasteiger partial charge in [0.05, 0.1) is 4.47 Å². The molecule has 120 valence electrons. The highest BCUT2D eigenvalue weighted by atomic mass is 127. The molecule has 0 saturated carbocycles. The Morgan fingerprint density at radius 1 is 1.27 bits per heavy atom. The van der Waals surface area contributed by atoms with Gasteiger partial charge in [-0.15, -0.1) is 24.0 Å². The quantitative estimate of drug-likeness (QED) is 0.369. The number of nitrogens with one attached hydrogen (secondary N) is 2. The average Bonchev–Trinajstić information content (AvgIpc) is 2.99. The molecule has 0 bridgehead atoms. The topological polar surface area (TPSA) is 36.4 Å². The zero-order chi connectivity index (χ0) is 15.1. The summed E-state index contributed by atoms with van der Waals surface area (Å²) >= 11 is 4.88. The third-order valence-corrected chi connectivity index (χ3v) is 4.29. The molecule has 0 aliphatic carbocycles. The van der Waals surface area contributed by atoms with Crippen molar-refractivity contribution in [3.05, 3.63) is 56.4 Å². The Labute approximate surface area is 159 Å². The van der Waals surface area contributed by atoms with Crippen molar-refractivity contribution >= 4 is 57.2 Å². The lowest BCUT2D eigenvalue weighted by Crippen LogP contribution is -2.37. The first kappa shape index (κ1) is 19.4. The fourth-order valence-electron chi connectivity index (χ4n) is 1.82. The van der Waals surface area contributed by atoms with Crippen molar-refractivity contribution in [3.8, 4) is 0 Å². The number of halogens is 3. The second-order valence-corrected chi connectivity index (χ2v) is 6.12. The lowest BCUT2D eigenvalue weighted by atomic mass is 10.1. The molecule has 0 aliphatic rings. The van der Waals surface area contributed by atoms with Crippen molar-refractivity contribution in [1.82, 2.24) is 10.6 Å². The molecule has 0 atom stereocenters. The Bertz CT molecular complexity index is 605. The van der Waals surface area contributed by atoms with Crippen LogP contribution in [0, 0.1) is 5.82 Å². The van der Waals surface area contributed by atoms with Crippen LogP contribution in [0.15, 0.2) is 44.5 Å². The van der Waals surface area contributed by atoms with E-state index in [0.29, 0.717) is 4.47 Å². The number of hydrogen-bond acceptors (Lipinski definition) is 2. The Kier molecular flexibility index (Phi) is 8.96. The predicted molar refractivity (Wildman–Crippen MR) is 106 cm³/mol. The summed E-state index contributed by atoms with van der Waals surface area (Å²) in [6.07, 6.45) is 0.804. The fourth-order valence-corrected chi connectivity index (χ4v) is 2.91. The van der Waals surface area contributed by atoms with E-state index in [2.05, 4.69) is 48.4 Å². The van der Waals surface area contributed by atoms with Gasteiger partial charge in [0.1, 0.15) is 5.82 Å². The SMILES string of the molecule is CN=C(NCCc1ccc(F)c(Br)c1)NCc1ccsc1.I. The molecule has 0 aliphatic heterocycles. The van der Waals surface area contributed by atoms with E-state index in [1.165, 1.54) is 11.6 Å². The highest BCUT2D eigenvalue weighted by Gasteiger charge is 2.02. The molecule has 1 heterocycles. The molecule has 3 nitrogen and oxygen atoms in total. The summed E-state index contributed by atoms with van der Waals surface area (Å²) in [5.74, 6) is 0.530. The average molecular weight is 498 g/mol. The molecule has 0 amide bonds. The van der Waals surface area contributed by atoms with Gasteiger partial charge in [-0.1, -0.05) is 6.07 Å². The van der Waals surface area contributed by atoms with E-state index >= 15 is 0 Å². The number of hydrogen-bond donors (Lipinski definition) is 2. The highest BCUT2D eigenvalue weighted by Crippen LogP contribution is 2.16. The Morgan fingerprint density at radius 3 is 2.73 bits per heavy atom. The second-order valence-electron chi connectivity index (χ2n) is 4.48. The molecule has 0 radical (unpaired) electrons. The van der Waals surface area contributed by atoms with Gasteiger partial charge < -0.3 is 10.6 Å². The van der Waals surface area contributed by atoms with Crippen molar-refractivity contribution in [3.63, 3.8) is 0 Å². The molecule has 2 aromatic rings. The second kappa shape index (κ2) is 10.2. The van der Waals surface area contributed by atoms with E-state index in [-0.39, 0.29) is 29.8 Å². The summed E-state index contributed by atoms with van der Waals surface area (Å²) in [4.78, 5) is 4.18. The minimum Gasteiger partial charge on any atom is -0.356 e. The van der Waals surface area contributed by atoms with Crippen LogP contribution >= 0.6 is 51.2 Å². The van der Waals surface area contributed by atoms with Gasteiger partial charge in [-0.25, -0.2) is 4.39 Å². The van der Waals surface area contributed by atoms with Crippen LogP contribution in [0.4, 0.5) is 4.39 Å². The van der Waals surface area contributed by atoms with E-state index in [1.54, 1.807) is 30.5 Å². The molecule has 0 spiro atoms. The van der Waals surface area contributed by atoms with Crippen LogP contribution in [0.25, 0.3) is 0 Å². The van der Waals surface area contributed by atoms with Crippen LogP contribution in [0.1, 0.15) is 11.1 Å². The van der Waals surface area contributed by atoms with Crippen LogP contribution < -0.4 is 10.6 Å². The fraction of sp³-hybridized carbons (Fsp3) is 0.267. The van der Waals surface area contributed by atoms with Gasteiger partial charge in [0, 0.05) is 20.1 Å². The first-order chi connectivity index (χ1) is 10.2. The van der Waals surface area contributed by atoms with Gasteiger partial charge in [0.2, 0.25) is 0 Å². The summed E-state index contributed by atoms with van der Waals surface area (Å²) in [6.45, 7) is 1.49. The van der Waals surface area contributed by atoms with Gasteiger partial charge in [-0.3, -0.25) is 4.99 Å². The number of aliphatic imine (C=N–C) groups is 1. The molecule has 0 saturated heterocycles. The first-order valence-electron chi connectivity index (χ1n) is 6.58. The van der Waals surface area contributed by atoms with Crippen LogP contribution in [-0.4, -0.2) is 19.6 Å². The molecular formula is C15H18BrFIN3S. The van der Waals surface area contributed by atoms with Crippen LogP contribution in [-0.2, 0) is 13.0 Å². The third-order valence-electron chi connectivity index (χ3n) is 2.95. The predicted octanol–water partition coefficient (Wildman–Crippen LogP) is 4.18. The van der Waals surface area contributed by atoms with Crippen molar-refractivity contribution in [2.45, 2.75) is 13.0 Å². The van der Waals surface area contributed by atoms with Gasteiger partial charge in [-0.05, 0) is 62.4 Å². The Hall–Kier alpha value is -0.670. The monoisotopic (exact) mass is 497 g/mol. The van der Waals surface area contributed by atoms with E-state index in [0.717, 1.165) is 31.0 Å². The smallest absolute Gasteiger partial charge is 0.191 e. The van der Waals surface area contributed by atoms with Crippen molar-refractivity contribution in [1.29, 1.82) is 0 Å². The Morgan fingerprint density at radius 2 is 2.09 bits per heavy atom. The molecule has 2 rings (SSSR count). The summed E-state index contributed by atoms with van der Waals surface area (Å²) in [5, 5.41) is 10.7. The van der Waals surface area contributed by atoms with E-state index in [1.807, 2.05) is 0 Å². The highest BCUT2D eigenvalue weighted by molar-refractivity contribution is 14.0. The molecular weight excluding hydrogens is 480 g/mol. The molecule has 1 aromatic carbocycles. The number of thiophene rings is 1. The number of nitrogens with zero attached hydrogens (tertiary/aromatic N) is 1. The number of benzene rings is 1. The summed E-state index contributed by atoms with van der Waals surface area (Å²) in [7, 11) is 1.75. The lowest BCUT2D eigenvalue weighted by molar-refractivity contribution is 0.620. The minimum absolute atomic E-state index is 0. The molecule has 22 heavy (non-hydrogen) atoms. The zero-order valence-corrected chi connectivity index (χ0v) is 16.8. The molecule has 0 fully saturated rings. The standard InChI is InChI=1S/C15H17BrFN3S.HI/c1-18-15(20-9-12-5-7-21-10-12)19-6-4-11-2-3-14(17)13(16)8-11;/h2-3,5,7-8,10H,4,6,9H2,1H3,(H2,18,19,20);1H. The minimum atomic E-state index is -0.236. The van der Waals surface area contributed by atoms with E-state index in [4.69, 9.17) is 0 Å². The maximum Gasteiger partial charge on any atom is 0.191 e. The van der Waals surface area contributed by atoms with Gasteiger partial charge in [0.25, 0.3) is 0 Å². The number of rotatable bonds is 5. The molecule has 0 unspecified atom stereocenters. The van der Waals surface area contributed by atoms with Gasteiger partial charge >= 0.3 is 0 Å².